The Morgan fingerprint density at radius 1 is 1.30 bits per heavy atom. The van der Waals surface area contributed by atoms with E-state index < -0.39 is 11.5 Å². The van der Waals surface area contributed by atoms with Crippen LogP contribution in [0.2, 0.25) is 0 Å². The van der Waals surface area contributed by atoms with Gasteiger partial charge in [-0.2, -0.15) is 0 Å². The fourth-order valence-corrected chi connectivity index (χ4v) is 1.89. The third-order valence-electron chi connectivity index (χ3n) is 3.25. The van der Waals surface area contributed by atoms with Crippen molar-refractivity contribution < 1.29 is 19.4 Å². The molecule has 5 heteroatoms. The van der Waals surface area contributed by atoms with E-state index in [0.29, 0.717) is 24.3 Å². The molecule has 0 aliphatic rings. The van der Waals surface area contributed by atoms with E-state index in [9.17, 15) is 9.59 Å². The van der Waals surface area contributed by atoms with E-state index in [1.807, 2.05) is 33.8 Å². The molecule has 0 spiro atoms. The van der Waals surface area contributed by atoms with Crippen molar-refractivity contribution in [2.24, 2.45) is 0 Å². The maximum absolute atomic E-state index is 12.3. The van der Waals surface area contributed by atoms with E-state index in [-0.39, 0.29) is 12.3 Å². The van der Waals surface area contributed by atoms with E-state index in [4.69, 9.17) is 9.84 Å². The van der Waals surface area contributed by atoms with E-state index in [0.717, 1.165) is 0 Å². The number of hydrogen-bond donors (Lipinski definition) is 2. The van der Waals surface area contributed by atoms with Gasteiger partial charge in [-0.3, -0.25) is 9.59 Å². The minimum atomic E-state index is -0.873. The average Bonchev–Trinajstić information content (AvgIpc) is 2.45. The quantitative estimate of drug-likeness (QED) is 0.720. The highest BCUT2D eigenvalue weighted by atomic mass is 16.5. The van der Waals surface area contributed by atoms with Gasteiger partial charge in [0, 0.05) is 17.5 Å². The third kappa shape index (κ3) is 7.49. The Morgan fingerprint density at radius 3 is 2.61 bits per heavy atom. The number of hydrogen-bond acceptors (Lipinski definition) is 3. The highest BCUT2D eigenvalue weighted by Gasteiger charge is 2.22. The average molecular weight is 319 g/mol. The predicted molar refractivity (Wildman–Crippen MR) is 89.8 cm³/mol. The van der Waals surface area contributed by atoms with Gasteiger partial charge < -0.3 is 15.2 Å². The zero-order valence-corrected chi connectivity index (χ0v) is 14.2. The number of rotatable bonds is 8. The van der Waals surface area contributed by atoms with Gasteiger partial charge in [0.15, 0.2) is 0 Å². The van der Waals surface area contributed by atoms with Gasteiger partial charge in [0.05, 0.1) is 0 Å². The molecule has 23 heavy (non-hydrogen) atoms. The van der Waals surface area contributed by atoms with Gasteiger partial charge in [0.25, 0.3) is 5.91 Å². The summed E-state index contributed by atoms with van der Waals surface area (Å²) in [6, 6.07) is 6.94. The number of carbonyl (C=O) groups is 2. The number of aliphatic carboxylic acids is 1. The highest BCUT2D eigenvalue weighted by Crippen LogP contribution is 2.16. The van der Waals surface area contributed by atoms with Crippen LogP contribution in [0.15, 0.2) is 35.9 Å². The molecule has 0 aromatic heterocycles. The molecule has 1 rings (SSSR count). The number of benzene rings is 1. The lowest BCUT2D eigenvalue weighted by Gasteiger charge is -2.25. The lowest BCUT2D eigenvalue weighted by Crippen LogP contribution is -2.43. The minimum Gasteiger partial charge on any atom is -0.490 e. The molecule has 0 aliphatic carbocycles. The number of carboxylic acid groups (broad SMARTS) is 1. The largest absolute Gasteiger partial charge is 0.490 e. The number of nitrogens with one attached hydrogen (secondary N) is 1. The van der Waals surface area contributed by atoms with Gasteiger partial charge in [0.2, 0.25) is 0 Å². The van der Waals surface area contributed by atoms with Crippen molar-refractivity contribution in [3.8, 4) is 5.75 Å². The molecule has 0 unspecified atom stereocenters. The summed E-state index contributed by atoms with van der Waals surface area (Å²) in [7, 11) is 0. The van der Waals surface area contributed by atoms with Crippen molar-refractivity contribution in [3.63, 3.8) is 0 Å². The Labute approximate surface area is 137 Å². The number of carbonyl (C=O) groups excluding carboxylic acids is 1. The van der Waals surface area contributed by atoms with Crippen molar-refractivity contribution in [2.75, 3.05) is 6.61 Å². The fraction of sp³-hybridized carbons (Fsp3) is 0.444. The van der Waals surface area contributed by atoms with Crippen LogP contribution in [0.5, 0.6) is 5.75 Å². The van der Waals surface area contributed by atoms with Crippen molar-refractivity contribution in [1.82, 2.24) is 5.32 Å². The van der Waals surface area contributed by atoms with Crippen molar-refractivity contribution in [3.05, 3.63) is 41.5 Å². The molecule has 0 bridgehead atoms. The Morgan fingerprint density at radius 2 is 2.00 bits per heavy atom. The topological polar surface area (TPSA) is 75.6 Å². The van der Waals surface area contributed by atoms with Crippen molar-refractivity contribution >= 4 is 11.9 Å². The molecule has 5 nitrogen and oxygen atoms in total. The van der Waals surface area contributed by atoms with E-state index in [1.54, 1.807) is 24.3 Å². The van der Waals surface area contributed by atoms with Crippen LogP contribution in [-0.2, 0) is 4.79 Å². The van der Waals surface area contributed by atoms with Crippen LogP contribution >= 0.6 is 0 Å². The molecule has 0 radical (unpaired) electrons. The lowest BCUT2D eigenvalue weighted by molar-refractivity contribution is -0.137. The molecule has 1 amide bonds. The molecule has 126 valence electrons. The van der Waals surface area contributed by atoms with Crippen LogP contribution in [0.25, 0.3) is 0 Å². The molecule has 1 aromatic rings. The van der Waals surface area contributed by atoms with Gasteiger partial charge in [-0.05, 0) is 58.4 Å². The summed E-state index contributed by atoms with van der Waals surface area (Å²) in [5.41, 5.74) is 1.07. The maximum atomic E-state index is 12.3. The smallest absolute Gasteiger partial charge is 0.303 e. The van der Waals surface area contributed by atoms with Crippen molar-refractivity contribution in [2.45, 2.75) is 46.1 Å². The molecule has 0 saturated heterocycles. The zero-order chi connectivity index (χ0) is 17.5. The van der Waals surface area contributed by atoms with Crippen molar-refractivity contribution in [1.29, 1.82) is 0 Å². The summed E-state index contributed by atoms with van der Waals surface area (Å²) < 4.78 is 5.58. The first-order chi connectivity index (χ1) is 10.7. The second-order valence-electron chi connectivity index (χ2n) is 6.35. The molecule has 0 atom stereocenters. The Kier molecular flexibility index (Phi) is 6.82. The minimum absolute atomic E-state index is 0.0130. The molecule has 0 fully saturated rings. The lowest BCUT2D eigenvalue weighted by atomic mass is 9.97. The fourth-order valence-electron chi connectivity index (χ4n) is 1.89. The van der Waals surface area contributed by atoms with Crippen LogP contribution in [0.4, 0.5) is 0 Å². The van der Waals surface area contributed by atoms with Gasteiger partial charge >= 0.3 is 5.97 Å². The zero-order valence-electron chi connectivity index (χ0n) is 14.2. The number of allylic oxidation sites excluding steroid dienone is 1. The van der Waals surface area contributed by atoms with E-state index in [2.05, 4.69) is 5.32 Å². The molecule has 0 aliphatic heterocycles. The predicted octanol–water partition coefficient (Wildman–Crippen LogP) is 3.40. The van der Waals surface area contributed by atoms with Crippen LogP contribution in [0, 0.1) is 0 Å². The first-order valence-corrected chi connectivity index (χ1v) is 7.60. The van der Waals surface area contributed by atoms with Gasteiger partial charge in [0.1, 0.15) is 12.4 Å². The van der Waals surface area contributed by atoms with Crippen LogP contribution in [-0.4, -0.2) is 29.1 Å². The van der Waals surface area contributed by atoms with E-state index in [1.165, 1.54) is 5.57 Å². The molecular formula is C18H25NO4. The maximum Gasteiger partial charge on any atom is 0.303 e. The number of ether oxygens (including phenoxy) is 1. The second-order valence-corrected chi connectivity index (χ2v) is 6.35. The van der Waals surface area contributed by atoms with E-state index >= 15 is 0 Å². The normalized spacial score (nSPS) is 10.8. The summed E-state index contributed by atoms with van der Waals surface area (Å²) in [5.74, 6) is -0.492. The first-order valence-electron chi connectivity index (χ1n) is 7.60. The van der Waals surface area contributed by atoms with Gasteiger partial charge in [-0.25, -0.2) is 0 Å². The molecule has 0 saturated carbocycles. The standard InChI is InChI=1S/C18H25NO4/c1-13(2)9-11-23-15-7-5-6-14(12-15)17(22)19-18(3,4)10-8-16(20)21/h5-7,9,12H,8,10-11H2,1-4H3,(H,19,22)(H,20,21). The first kappa shape index (κ1) is 18.7. The SMILES string of the molecule is CC(C)=CCOc1cccc(C(=O)NC(C)(C)CCC(=O)O)c1. The second kappa shape index (κ2) is 8.36. The monoisotopic (exact) mass is 319 g/mol. The Balaban J connectivity index is 2.69. The molecular weight excluding hydrogens is 294 g/mol. The molecule has 0 heterocycles. The summed E-state index contributed by atoms with van der Waals surface area (Å²) in [4.78, 5) is 23.0. The van der Waals surface area contributed by atoms with Crippen LogP contribution < -0.4 is 10.1 Å². The summed E-state index contributed by atoms with van der Waals surface area (Å²) in [6.07, 6.45) is 2.34. The Bertz CT molecular complexity index is 586. The van der Waals surface area contributed by atoms with Gasteiger partial charge in [-0.15, -0.1) is 0 Å². The summed E-state index contributed by atoms with van der Waals surface area (Å²) in [5, 5.41) is 11.6. The Hall–Kier alpha value is -2.30. The third-order valence-corrected chi connectivity index (χ3v) is 3.25. The summed E-state index contributed by atoms with van der Waals surface area (Å²) >= 11 is 0. The van der Waals surface area contributed by atoms with Gasteiger partial charge in [-0.1, -0.05) is 11.6 Å². The van der Waals surface area contributed by atoms with Crippen LogP contribution in [0.3, 0.4) is 0 Å². The highest BCUT2D eigenvalue weighted by molar-refractivity contribution is 5.95. The molecule has 2 N–H and O–H groups in total. The summed E-state index contributed by atoms with van der Waals surface area (Å²) in [6.45, 7) is 8.06. The van der Waals surface area contributed by atoms with Crippen LogP contribution in [0.1, 0.15) is 50.9 Å². The number of amides is 1. The number of carboxylic acids is 1. The molecule has 1 aromatic carbocycles.